The molecule has 1 aromatic carbocycles. The minimum Gasteiger partial charge on any atom is -0.461 e. The van der Waals surface area contributed by atoms with Gasteiger partial charge in [0.15, 0.2) is 6.04 Å². The van der Waals surface area contributed by atoms with Crippen molar-refractivity contribution in [3.8, 4) is 0 Å². The Morgan fingerprint density at radius 3 is 2.30 bits per heavy atom. The normalized spacial score (nSPS) is 16.7. The lowest BCUT2D eigenvalue weighted by Crippen LogP contribution is -2.62. The molecular formula is C28H39Cl3N2O7. The van der Waals surface area contributed by atoms with E-state index in [2.05, 4.69) is 0 Å². The molecule has 0 N–H and O–H groups in total. The van der Waals surface area contributed by atoms with E-state index in [4.69, 9.17) is 49.0 Å². The van der Waals surface area contributed by atoms with Crippen molar-refractivity contribution in [2.75, 3.05) is 13.2 Å². The summed E-state index contributed by atoms with van der Waals surface area (Å²) in [6, 6.07) is 8.03. The molecule has 1 aromatic rings. The summed E-state index contributed by atoms with van der Waals surface area (Å²) in [4.78, 5) is 53.3. The molecule has 1 aliphatic heterocycles. The van der Waals surface area contributed by atoms with E-state index >= 15 is 0 Å². The summed E-state index contributed by atoms with van der Waals surface area (Å²) in [5, 5.41) is 2.26. The Morgan fingerprint density at radius 2 is 1.70 bits per heavy atom. The molecule has 1 fully saturated rings. The number of carbonyl (C=O) groups is 4. The highest BCUT2D eigenvalue weighted by molar-refractivity contribution is 6.67. The minimum absolute atomic E-state index is 0.0153. The number of unbranched alkanes of at least 4 members (excludes halogenated alkanes) is 2. The Balaban J connectivity index is 2.34. The number of hydrogen-bond acceptors (Lipinski definition) is 7. The number of benzene rings is 1. The SMILES string of the molecule is CCCCC[C@@H](CC(=O)OCC(Cl)(Cl)Cl)C(=O)N1[C@@H](C(=O)OC(C)(C)C)CCCN1C(=O)OCc1ccccc1. The summed E-state index contributed by atoms with van der Waals surface area (Å²) in [6.45, 7) is 6.84. The fourth-order valence-electron chi connectivity index (χ4n) is 4.23. The van der Waals surface area contributed by atoms with E-state index in [0.717, 1.165) is 28.4 Å². The first-order chi connectivity index (χ1) is 18.7. The van der Waals surface area contributed by atoms with Crippen molar-refractivity contribution in [3.05, 3.63) is 35.9 Å². The summed E-state index contributed by atoms with van der Waals surface area (Å²) in [5.74, 6) is -2.84. The van der Waals surface area contributed by atoms with Gasteiger partial charge in [-0.05, 0) is 45.6 Å². The Morgan fingerprint density at radius 1 is 1.02 bits per heavy atom. The van der Waals surface area contributed by atoms with Gasteiger partial charge in [-0.2, -0.15) is 0 Å². The van der Waals surface area contributed by atoms with Gasteiger partial charge in [0.05, 0.1) is 12.3 Å². The van der Waals surface area contributed by atoms with Crippen molar-refractivity contribution < 1.29 is 33.4 Å². The van der Waals surface area contributed by atoms with Gasteiger partial charge in [0.2, 0.25) is 9.70 Å². The number of hydrogen-bond donors (Lipinski definition) is 0. The zero-order valence-electron chi connectivity index (χ0n) is 23.5. The highest BCUT2D eigenvalue weighted by Crippen LogP contribution is 2.29. The molecule has 0 spiro atoms. The summed E-state index contributed by atoms with van der Waals surface area (Å²) in [5.41, 5.74) is -0.0489. The Kier molecular flexibility index (Phi) is 13.3. The summed E-state index contributed by atoms with van der Waals surface area (Å²) >= 11 is 17.1. The van der Waals surface area contributed by atoms with Crippen molar-refractivity contribution in [2.24, 2.45) is 5.92 Å². The van der Waals surface area contributed by atoms with Gasteiger partial charge < -0.3 is 14.2 Å². The summed E-state index contributed by atoms with van der Waals surface area (Å²) in [7, 11) is 0. The molecule has 1 aliphatic rings. The van der Waals surface area contributed by atoms with Gasteiger partial charge in [-0.25, -0.2) is 19.6 Å². The number of carbonyl (C=O) groups excluding carboxylic acids is 4. The van der Waals surface area contributed by atoms with E-state index in [9.17, 15) is 19.2 Å². The van der Waals surface area contributed by atoms with Crippen LogP contribution in [0.5, 0.6) is 0 Å². The predicted molar refractivity (Wildman–Crippen MR) is 153 cm³/mol. The number of ether oxygens (including phenoxy) is 3. The first-order valence-electron chi connectivity index (χ1n) is 13.5. The molecule has 0 aliphatic carbocycles. The number of nitrogens with zero attached hydrogens (tertiary/aromatic N) is 2. The van der Waals surface area contributed by atoms with Gasteiger partial charge in [-0.1, -0.05) is 91.3 Å². The quantitative estimate of drug-likeness (QED) is 0.122. The smallest absolute Gasteiger partial charge is 0.429 e. The third-order valence-corrected chi connectivity index (χ3v) is 6.37. The highest BCUT2D eigenvalue weighted by atomic mass is 35.6. The standard InChI is InChI=1S/C28H39Cl3N2O7/c1-5-6-8-14-21(17-23(34)39-19-28(29,30)31)24(35)33-22(25(36)40-27(2,3)4)15-11-16-32(33)26(37)38-18-20-12-9-7-10-13-20/h7,9-10,12-13,21-22H,5-6,8,11,14-19H2,1-4H3/t21-,22+/m0/s1. The van der Waals surface area contributed by atoms with Crippen LogP contribution in [0.15, 0.2) is 30.3 Å². The fourth-order valence-corrected chi connectivity index (χ4v) is 4.39. The lowest BCUT2D eigenvalue weighted by atomic mass is 9.95. The third kappa shape index (κ3) is 11.7. The van der Waals surface area contributed by atoms with Crippen LogP contribution in [-0.4, -0.2) is 62.5 Å². The monoisotopic (exact) mass is 620 g/mol. The van der Waals surface area contributed by atoms with Crippen LogP contribution >= 0.6 is 34.8 Å². The van der Waals surface area contributed by atoms with Crippen molar-refractivity contribution in [3.63, 3.8) is 0 Å². The second kappa shape index (κ2) is 15.7. The average molecular weight is 622 g/mol. The van der Waals surface area contributed by atoms with E-state index in [0.29, 0.717) is 19.3 Å². The Labute approximate surface area is 251 Å². The topological polar surface area (TPSA) is 102 Å². The molecule has 1 heterocycles. The van der Waals surface area contributed by atoms with Crippen LogP contribution < -0.4 is 0 Å². The van der Waals surface area contributed by atoms with Crippen LogP contribution in [0, 0.1) is 5.92 Å². The number of hydrazine groups is 1. The number of amides is 2. The fraction of sp³-hybridized carbons (Fsp3) is 0.643. The van der Waals surface area contributed by atoms with Crippen molar-refractivity contribution >= 4 is 58.7 Å². The van der Waals surface area contributed by atoms with Crippen molar-refractivity contribution in [1.29, 1.82) is 0 Å². The van der Waals surface area contributed by atoms with Gasteiger partial charge in [0, 0.05) is 6.54 Å². The average Bonchev–Trinajstić information content (AvgIpc) is 2.88. The molecule has 0 aromatic heterocycles. The van der Waals surface area contributed by atoms with Crippen LogP contribution in [-0.2, 0) is 35.2 Å². The van der Waals surface area contributed by atoms with Crippen LogP contribution in [0.1, 0.15) is 78.2 Å². The maximum absolute atomic E-state index is 14.1. The molecule has 40 heavy (non-hydrogen) atoms. The highest BCUT2D eigenvalue weighted by Gasteiger charge is 2.44. The van der Waals surface area contributed by atoms with Crippen LogP contribution in [0.3, 0.4) is 0 Å². The summed E-state index contributed by atoms with van der Waals surface area (Å²) < 4.78 is 14.4. The molecule has 224 valence electrons. The van der Waals surface area contributed by atoms with Gasteiger partial charge in [0.1, 0.15) is 18.8 Å². The Hall–Kier alpha value is -2.23. The lowest BCUT2D eigenvalue weighted by Gasteiger charge is -2.43. The lowest BCUT2D eigenvalue weighted by molar-refractivity contribution is -0.183. The molecule has 1 saturated heterocycles. The second-order valence-corrected chi connectivity index (χ2v) is 13.2. The Bertz CT molecular complexity index is 996. The largest absolute Gasteiger partial charge is 0.461 e. The first kappa shape index (κ1) is 34.0. The molecule has 0 radical (unpaired) electrons. The van der Waals surface area contributed by atoms with Gasteiger partial charge >= 0.3 is 18.0 Å². The van der Waals surface area contributed by atoms with Crippen LogP contribution in [0.25, 0.3) is 0 Å². The van der Waals surface area contributed by atoms with Crippen LogP contribution in [0.4, 0.5) is 4.79 Å². The number of rotatable bonds is 11. The number of halogens is 3. The minimum atomic E-state index is -1.80. The van der Waals surface area contributed by atoms with E-state index in [1.54, 1.807) is 20.8 Å². The molecule has 12 heteroatoms. The van der Waals surface area contributed by atoms with Crippen molar-refractivity contribution in [1.82, 2.24) is 10.0 Å². The molecular weight excluding hydrogens is 583 g/mol. The zero-order valence-corrected chi connectivity index (χ0v) is 25.8. The molecule has 0 saturated carbocycles. The molecule has 0 unspecified atom stereocenters. The van der Waals surface area contributed by atoms with E-state index in [1.807, 2.05) is 37.3 Å². The van der Waals surface area contributed by atoms with Crippen LogP contribution in [0.2, 0.25) is 0 Å². The predicted octanol–water partition coefficient (Wildman–Crippen LogP) is 6.37. The second-order valence-electron chi connectivity index (χ2n) is 10.7. The van der Waals surface area contributed by atoms with E-state index in [-0.39, 0.29) is 26.0 Å². The van der Waals surface area contributed by atoms with E-state index < -0.39 is 51.9 Å². The number of alkyl halides is 3. The molecule has 0 bridgehead atoms. The summed E-state index contributed by atoms with van der Waals surface area (Å²) in [6.07, 6.45) is 2.33. The number of esters is 2. The maximum atomic E-state index is 14.1. The molecule has 9 nitrogen and oxygen atoms in total. The molecule has 2 amide bonds. The zero-order chi connectivity index (χ0) is 29.9. The first-order valence-corrected chi connectivity index (χ1v) is 14.6. The van der Waals surface area contributed by atoms with Gasteiger partial charge in [-0.15, -0.1) is 0 Å². The van der Waals surface area contributed by atoms with Crippen molar-refractivity contribution in [2.45, 2.75) is 94.7 Å². The molecule has 2 rings (SSSR count). The third-order valence-electron chi connectivity index (χ3n) is 6.04. The van der Waals surface area contributed by atoms with Gasteiger partial charge in [-0.3, -0.25) is 9.59 Å². The maximum Gasteiger partial charge on any atom is 0.429 e. The van der Waals surface area contributed by atoms with E-state index in [1.165, 1.54) is 0 Å². The van der Waals surface area contributed by atoms with Gasteiger partial charge in [0.25, 0.3) is 0 Å². The molecule has 2 atom stereocenters.